The molecule has 0 spiro atoms. The zero-order valence-corrected chi connectivity index (χ0v) is 5.95. The number of aldehydes is 1. The highest BCUT2D eigenvalue weighted by Gasteiger charge is 2.55. The summed E-state index contributed by atoms with van der Waals surface area (Å²) in [7, 11) is 0. The predicted octanol–water partition coefficient (Wildman–Crippen LogP) is 2.33. The van der Waals surface area contributed by atoms with Gasteiger partial charge in [-0.3, -0.25) is 4.79 Å². The van der Waals surface area contributed by atoms with Gasteiger partial charge in [-0.15, -0.1) is 0 Å². The molecule has 0 fully saturated rings. The summed E-state index contributed by atoms with van der Waals surface area (Å²) in [4.78, 5) is 9.74. The summed E-state index contributed by atoms with van der Waals surface area (Å²) in [5.74, 6) is -4.93. The van der Waals surface area contributed by atoms with Crippen molar-refractivity contribution in [1.29, 1.82) is 0 Å². The fourth-order valence-electron chi connectivity index (χ4n) is 0.402. The predicted molar refractivity (Wildman–Crippen MR) is 30.8 cm³/mol. The van der Waals surface area contributed by atoms with Gasteiger partial charge < -0.3 is 0 Å². The lowest BCUT2D eigenvalue weighted by molar-refractivity contribution is -0.259. The molecule has 0 aromatic heterocycles. The van der Waals surface area contributed by atoms with E-state index in [0.717, 1.165) is 6.92 Å². The molecule has 0 aliphatic heterocycles. The minimum atomic E-state index is -5.64. The van der Waals surface area contributed by atoms with Crippen molar-refractivity contribution in [2.45, 2.75) is 19.0 Å². The molecule has 0 rings (SSSR count). The van der Waals surface area contributed by atoms with Crippen molar-refractivity contribution in [3.05, 3.63) is 11.6 Å². The molecule has 0 aromatic rings. The van der Waals surface area contributed by atoms with Gasteiger partial charge in [0.1, 0.15) is 6.29 Å². The number of hydrogen-bond donors (Lipinski definition) is 0. The van der Waals surface area contributed by atoms with Gasteiger partial charge in [0.25, 0.3) is 0 Å². The maximum Gasteiger partial charge on any atom is 0.457 e. The summed E-state index contributed by atoms with van der Waals surface area (Å²) in [6.45, 7) is 0.868. The Morgan fingerprint density at radius 1 is 1.17 bits per heavy atom. The van der Waals surface area contributed by atoms with E-state index in [1.54, 1.807) is 0 Å². The Labute approximate surface area is 64.9 Å². The summed E-state index contributed by atoms with van der Waals surface area (Å²) < 4.78 is 58.3. The molecule has 70 valence electrons. The van der Waals surface area contributed by atoms with E-state index in [0.29, 0.717) is 0 Å². The largest absolute Gasteiger partial charge is 0.457 e. The van der Waals surface area contributed by atoms with E-state index in [2.05, 4.69) is 0 Å². The van der Waals surface area contributed by atoms with E-state index in [-0.39, 0.29) is 6.29 Å². The first-order chi connectivity index (χ1) is 5.20. The zero-order valence-electron chi connectivity index (χ0n) is 5.95. The van der Waals surface area contributed by atoms with Crippen molar-refractivity contribution in [3.63, 3.8) is 0 Å². The van der Waals surface area contributed by atoms with Crippen molar-refractivity contribution >= 4 is 6.29 Å². The Morgan fingerprint density at radius 2 is 1.58 bits per heavy atom. The molecular weight excluding hydrogens is 183 g/mol. The van der Waals surface area contributed by atoms with Gasteiger partial charge in [0, 0.05) is 6.08 Å². The Kier molecular flexibility index (Phi) is 2.95. The van der Waals surface area contributed by atoms with Crippen LogP contribution in [0, 0.1) is 0 Å². The summed E-state index contributed by atoms with van der Waals surface area (Å²) >= 11 is 0. The maximum atomic E-state index is 12.0. The third-order valence-electron chi connectivity index (χ3n) is 0.973. The van der Waals surface area contributed by atoms with E-state index in [1.807, 2.05) is 0 Å². The van der Waals surface area contributed by atoms with Crippen LogP contribution in [0.15, 0.2) is 11.6 Å². The Balaban J connectivity index is 4.75. The molecule has 0 N–H and O–H groups in total. The Hall–Kier alpha value is -0.940. The lowest BCUT2D eigenvalue weighted by atomic mass is 10.2. The molecule has 0 atom stereocenters. The van der Waals surface area contributed by atoms with Gasteiger partial charge in [0.15, 0.2) is 0 Å². The van der Waals surface area contributed by atoms with Crippen molar-refractivity contribution in [2.24, 2.45) is 0 Å². The van der Waals surface area contributed by atoms with Gasteiger partial charge in [0.2, 0.25) is 0 Å². The Bertz CT molecular complexity index is 202. The van der Waals surface area contributed by atoms with Crippen LogP contribution >= 0.6 is 0 Å². The number of alkyl halides is 5. The standard InChI is InChI=1S/C6H5F5O/c1-4(3-12)2-5(7,8)6(9,10)11/h2-3H,1H3. The van der Waals surface area contributed by atoms with Crippen LogP contribution in [0.3, 0.4) is 0 Å². The van der Waals surface area contributed by atoms with Crippen molar-refractivity contribution in [1.82, 2.24) is 0 Å². The summed E-state index contributed by atoms with van der Waals surface area (Å²) in [6.07, 6.45) is -6.13. The van der Waals surface area contributed by atoms with E-state index < -0.39 is 23.7 Å². The second-order valence-corrected chi connectivity index (χ2v) is 2.13. The molecule has 0 unspecified atom stereocenters. The van der Waals surface area contributed by atoms with Crippen LogP contribution in [0.1, 0.15) is 6.92 Å². The van der Waals surface area contributed by atoms with Gasteiger partial charge in [-0.25, -0.2) is 0 Å². The topological polar surface area (TPSA) is 17.1 Å². The van der Waals surface area contributed by atoms with Gasteiger partial charge in [-0.05, 0) is 12.5 Å². The first kappa shape index (κ1) is 11.1. The minimum Gasteiger partial charge on any atom is -0.298 e. The number of carbonyl (C=O) groups excluding carboxylic acids is 1. The number of rotatable bonds is 2. The molecule has 0 aliphatic carbocycles. The molecule has 0 bridgehead atoms. The average molecular weight is 188 g/mol. The maximum absolute atomic E-state index is 12.0. The second kappa shape index (κ2) is 3.20. The van der Waals surface area contributed by atoms with Crippen LogP contribution < -0.4 is 0 Å². The number of halogens is 5. The smallest absolute Gasteiger partial charge is 0.298 e. The summed E-state index contributed by atoms with van der Waals surface area (Å²) in [5, 5.41) is 0. The van der Waals surface area contributed by atoms with E-state index in [1.165, 1.54) is 0 Å². The lowest BCUT2D eigenvalue weighted by Crippen LogP contribution is -2.34. The van der Waals surface area contributed by atoms with Crippen LogP contribution in [-0.2, 0) is 4.79 Å². The molecule has 0 saturated heterocycles. The first-order valence-electron chi connectivity index (χ1n) is 2.80. The van der Waals surface area contributed by atoms with E-state index in [9.17, 15) is 26.7 Å². The number of hydrogen-bond acceptors (Lipinski definition) is 1. The molecule has 0 radical (unpaired) electrons. The highest BCUT2D eigenvalue weighted by atomic mass is 19.4. The van der Waals surface area contributed by atoms with Crippen LogP contribution in [-0.4, -0.2) is 18.4 Å². The molecule has 0 amide bonds. The van der Waals surface area contributed by atoms with E-state index in [4.69, 9.17) is 0 Å². The molecule has 0 aliphatic rings. The van der Waals surface area contributed by atoms with E-state index >= 15 is 0 Å². The minimum absolute atomic E-state index is 0.0698. The third kappa shape index (κ3) is 2.60. The van der Waals surface area contributed by atoms with Crippen LogP contribution in [0.2, 0.25) is 0 Å². The molecule has 0 saturated carbocycles. The first-order valence-corrected chi connectivity index (χ1v) is 2.80. The SMILES string of the molecule is CC(C=O)=CC(F)(F)C(F)(F)F. The quantitative estimate of drug-likeness (QED) is 0.369. The zero-order chi connectivity index (χ0) is 9.99. The van der Waals surface area contributed by atoms with Crippen molar-refractivity contribution in [2.75, 3.05) is 0 Å². The van der Waals surface area contributed by atoms with Gasteiger partial charge >= 0.3 is 12.1 Å². The van der Waals surface area contributed by atoms with Gasteiger partial charge in [0.05, 0.1) is 0 Å². The lowest BCUT2D eigenvalue weighted by Gasteiger charge is -2.15. The highest BCUT2D eigenvalue weighted by Crippen LogP contribution is 2.36. The second-order valence-electron chi connectivity index (χ2n) is 2.13. The van der Waals surface area contributed by atoms with Crippen molar-refractivity contribution in [3.8, 4) is 0 Å². The normalized spacial score (nSPS) is 14.7. The summed E-state index contributed by atoms with van der Waals surface area (Å²) in [5.41, 5.74) is -0.655. The molecule has 6 heteroatoms. The number of carbonyl (C=O) groups is 1. The summed E-state index contributed by atoms with van der Waals surface area (Å²) in [6, 6.07) is 0. The number of allylic oxidation sites excluding steroid dienone is 2. The van der Waals surface area contributed by atoms with Crippen LogP contribution in [0.25, 0.3) is 0 Å². The highest BCUT2D eigenvalue weighted by molar-refractivity contribution is 5.72. The monoisotopic (exact) mass is 188 g/mol. The molecule has 12 heavy (non-hydrogen) atoms. The fourth-order valence-corrected chi connectivity index (χ4v) is 0.402. The van der Waals surface area contributed by atoms with Crippen LogP contribution in [0.4, 0.5) is 22.0 Å². The molecular formula is C6H5F5O. The molecule has 0 heterocycles. The van der Waals surface area contributed by atoms with Crippen LogP contribution in [0.5, 0.6) is 0 Å². The molecule has 1 nitrogen and oxygen atoms in total. The fraction of sp³-hybridized carbons (Fsp3) is 0.500. The van der Waals surface area contributed by atoms with Crippen molar-refractivity contribution < 1.29 is 26.7 Å². The molecule has 0 aromatic carbocycles. The van der Waals surface area contributed by atoms with Gasteiger partial charge in [-0.2, -0.15) is 22.0 Å². The third-order valence-corrected chi connectivity index (χ3v) is 0.973. The average Bonchev–Trinajstić information content (AvgIpc) is 1.84. The Morgan fingerprint density at radius 3 is 1.83 bits per heavy atom. The van der Waals surface area contributed by atoms with Gasteiger partial charge in [-0.1, -0.05) is 0 Å².